The topological polar surface area (TPSA) is 35.5 Å². The van der Waals surface area contributed by atoms with Crippen molar-refractivity contribution in [1.29, 1.82) is 0 Å². The molecule has 1 saturated heterocycles. The summed E-state index contributed by atoms with van der Waals surface area (Å²) in [6.07, 6.45) is 6.08. The van der Waals surface area contributed by atoms with E-state index in [-0.39, 0.29) is 6.10 Å². The molecule has 0 bridgehead atoms. The van der Waals surface area contributed by atoms with E-state index in [4.69, 9.17) is 0 Å². The first kappa shape index (κ1) is 9.13. The average molecular weight is 196 g/mol. The van der Waals surface area contributed by atoms with Crippen molar-refractivity contribution in [2.24, 2.45) is 0 Å². The number of nitrogens with zero attached hydrogens (tertiary/aromatic N) is 1. The number of hydrogen-bond acceptors (Lipinski definition) is 3. The first-order chi connectivity index (χ1) is 6.81. The highest BCUT2D eigenvalue weighted by molar-refractivity contribution is 4.94. The zero-order valence-corrected chi connectivity index (χ0v) is 8.65. The smallest absolute Gasteiger partial charge is 0.0570 e. The molecule has 0 radical (unpaired) electrons. The fourth-order valence-corrected chi connectivity index (χ4v) is 2.75. The second kappa shape index (κ2) is 3.47. The maximum absolute atomic E-state index is 9.19. The third-order valence-electron chi connectivity index (χ3n) is 3.87. The van der Waals surface area contributed by atoms with E-state index < -0.39 is 0 Å². The van der Waals surface area contributed by atoms with Crippen molar-refractivity contribution in [2.75, 3.05) is 13.1 Å². The van der Waals surface area contributed by atoms with Gasteiger partial charge in [0.05, 0.1) is 6.10 Å². The van der Waals surface area contributed by atoms with Crippen molar-refractivity contribution >= 4 is 0 Å². The van der Waals surface area contributed by atoms with Crippen molar-refractivity contribution in [2.45, 2.75) is 56.3 Å². The fraction of sp³-hybridized carbons (Fsp3) is 1.00. The predicted octanol–water partition coefficient (Wildman–Crippen LogP) is 0.336. The number of likely N-dealkylation sites (tertiary alicyclic amines) is 1. The SMILES string of the molecule is OC1CC(NC2CCN(C3CC3)C2)C1. The summed E-state index contributed by atoms with van der Waals surface area (Å²) in [6, 6.07) is 2.23. The van der Waals surface area contributed by atoms with Crippen LogP contribution in [0.1, 0.15) is 32.1 Å². The summed E-state index contributed by atoms with van der Waals surface area (Å²) in [6.45, 7) is 2.54. The molecule has 0 aromatic carbocycles. The summed E-state index contributed by atoms with van der Waals surface area (Å²) in [5.74, 6) is 0. The lowest BCUT2D eigenvalue weighted by Gasteiger charge is -2.34. The van der Waals surface area contributed by atoms with Gasteiger partial charge >= 0.3 is 0 Å². The molecule has 1 heterocycles. The molecule has 2 aliphatic carbocycles. The summed E-state index contributed by atoms with van der Waals surface area (Å²) in [5, 5.41) is 12.8. The van der Waals surface area contributed by atoms with E-state index in [1.54, 1.807) is 0 Å². The lowest BCUT2D eigenvalue weighted by atomic mass is 9.89. The molecular formula is C11H20N2O. The number of nitrogens with one attached hydrogen (secondary N) is 1. The van der Waals surface area contributed by atoms with Gasteiger partial charge < -0.3 is 10.4 Å². The van der Waals surface area contributed by atoms with E-state index in [1.165, 1.54) is 32.4 Å². The van der Waals surface area contributed by atoms with Crippen LogP contribution in [-0.2, 0) is 0 Å². The van der Waals surface area contributed by atoms with E-state index in [2.05, 4.69) is 10.2 Å². The van der Waals surface area contributed by atoms with Gasteiger partial charge in [0, 0.05) is 31.2 Å². The molecule has 3 rings (SSSR count). The molecule has 3 fully saturated rings. The van der Waals surface area contributed by atoms with E-state index in [1.807, 2.05) is 0 Å². The van der Waals surface area contributed by atoms with Gasteiger partial charge in [-0.3, -0.25) is 4.90 Å². The van der Waals surface area contributed by atoms with Crippen LogP contribution in [0.3, 0.4) is 0 Å². The van der Waals surface area contributed by atoms with Crippen LogP contribution in [0.15, 0.2) is 0 Å². The first-order valence-corrected chi connectivity index (χ1v) is 5.99. The average Bonchev–Trinajstić information content (AvgIpc) is 2.86. The summed E-state index contributed by atoms with van der Waals surface area (Å²) in [4.78, 5) is 2.63. The van der Waals surface area contributed by atoms with Crippen LogP contribution in [0.2, 0.25) is 0 Å². The Morgan fingerprint density at radius 2 is 1.86 bits per heavy atom. The van der Waals surface area contributed by atoms with Gasteiger partial charge in [0.15, 0.2) is 0 Å². The van der Waals surface area contributed by atoms with Gasteiger partial charge in [-0.1, -0.05) is 0 Å². The lowest BCUT2D eigenvalue weighted by Crippen LogP contribution is -2.49. The molecule has 2 saturated carbocycles. The molecule has 0 spiro atoms. The second-order valence-corrected chi connectivity index (χ2v) is 5.20. The highest BCUT2D eigenvalue weighted by Gasteiger charge is 2.36. The minimum Gasteiger partial charge on any atom is -0.393 e. The number of aliphatic hydroxyl groups is 1. The number of hydrogen-bond donors (Lipinski definition) is 2. The molecule has 3 nitrogen and oxygen atoms in total. The minimum absolute atomic E-state index is 0.0200. The minimum atomic E-state index is -0.0200. The zero-order valence-electron chi connectivity index (χ0n) is 8.65. The van der Waals surface area contributed by atoms with E-state index in [9.17, 15) is 5.11 Å². The van der Waals surface area contributed by atoms with Gasteiger partial charge in [-0.2, -0.15) is 0 Å². The van der Waals surface area contributed by atoms with Crippen LogP contribution in [0, 0.1) is 0 Å². The van der Waals surface area contributed by atoms with Gasteiger partial charge in [-0.25, -0.2) is 0 Å². The summed E-state index contributed by atoms with van der Waals surface area (Å²) >= 11 is 0. The Morgan fingerprint density at radius 3 is 2.50 bits per heavy atom. The van der Waals surface area contributed by atoms with Crippen LogP contribution < -0.4 is 5.32 Å². The molecule has 1 aliphatic heterocycles. The summed E-state index contributed by atoms with van der Waals surface area (Å²) < 4.78 is 0. The van der Waals surface area contributed by atoms with Crippen molar-refractivity contribution < 1.29 is 5.11 Å². The van der Waals surface area contributed by atoms with Gasteiger partial charge in [-0.15, -0.1) is 0 Å². The van der Waals surface area contributed by atoms with Crippen LogP contribution in [0.5, 0.6) is 0 Å². The van der Waals surface area contributed by atoms with Crippen molar-refractivity contribution in [3.8, 4) is 0 Å². The monoisotopic (exact) mass is 196 g/mol. The quantitative estimate of drug-likeness (QED) is 0.683. The van der Waals surface area contributed by atoms with Crippen LogP contribution in [0.4, 0.5) is 0 Å². The summed E-state index contributed by atoms with van der Waals surface area (Å²) in [5.41, 5.74) is 0. The molecule has 3 aliphatic rings. The Balaban J connectivity index is 1.42. The maximum atomic E-state index is 9.19. The molecule has 14 heavy (non-hydrogen) atoms. The fourth-order valence-electron chi connectivity index (χ4n) is 2.75. The van der Waals surface area contributed by atoms with Crippen molar-refractivity contribution in [3.63, 3.8) is 0 Å². The van der Waals surface area contributed by atoms with E-state index in [0.29, 0.717) is 12.1 Å². The largest absolute Gasteiger partial charge is 0.393 e. The van der Waals surface area contributed by atoms with Crippen LogP contribution in [-0.4, -0.2) is 47.3 Å². The molecule has 80 valence electrons. The molecule has 1 atom stereocenters. The lowest BCUT2D eigenvalue weighted by molar-refractivity contribution is 0.0580. The maximum Gasteiger partial charge on any atom is 0.0570 e. The Hall–Kier alpha value is -0.120. The van der Waals surface area contributed by atoms with Gasteiger partial charge in [0.1, 0.15) is 0 Å². The predicted molar refractivity (Wildman–Crippen MR) is 55.2 cm³/mol. The molecular weight excluding hydrogens is 176 g/mol. The molecule has 0 aromatic rings. The van der Waals surface area contributed by atoms with E-state index >= 15 is 0 Å². The Bertz CT molecular complexity index is 211. The molecule has 1 unspecified atom stereocenters. The normalized spacial score (nSPS) is 43.9. The molecule has 0 aromatic heterocycles. The van der Waals surface area contributed by atoms with Crippen LogP contribution >= 0.6 is 0 Å². The summed E-state index contributed by atoms with van der Waals surface area (Å²) in [7, 11) is 0. The van der Waals surface area contributed by atoms with Gasteiger partial charge in [0.25, 0.3) is 0 Å². The van der Waals surface area contributed by atoms with E-state index in [0.717, 1.165) is 18.9 Å². The Labute approximate surface area is 85.5 Å². The number of rotatable bonds is 3. The molecule has 2 N–H and O–H groups in total. The Morgan fingerprint density at radius 1 is 1.07 bits per heavy atom. The third-order valence-corrected chi connectivity index (χ3v) is 3.87. The van der Waals surface area contributed by atoms with Crippen LogP contribution in [0.25, 0.3) is 0 Å². The zero-order chi connectivity index (χ0) is 9.54. The Kier molecular flexibility index (Phi) is 2.26. The first-order valence-electron chi connectivity index (χ1n) is 5.99. The van der Waals surface area contributed by atoms with Gasteiger partial charge in [-0.05, 0) is 32.1 Å². The second-order valence-electron chi connectivity index (χ2n) is 5.20. The van der Waals surface area contributed by atoms with Crippen molar-refractivity contribution in [1.82, 2.24) is 10.2 Å². The highest BCUT2D eigenvalue weighted by atomic mass is 16.3. The standard InChI is InChI=1S/C11H20N2O/c14-11-5-9(6-11)12-8-3-4-13(7-8)10-1-2-10/h8-12,14H,1-7H2. The van der Waals surface area contributed by atoms with Gasteiger partial charge in [0.2, 0.25) is 0 Å². The molecule has 0 amide bonds. The van der Waals surface area contributed by atoms with Crippen molar-refractivity contribution in [3.05, 3.63) is 0 Å². The number of aliphatic hydroxyl groups excluding tert-OH is 1. The molecule has 3 heteroatoms. The third kappa shape index (κ3) is 1.81. The highest BCUT2D eigenvalue weighted by Crippen LogP contribution is 2.30.